The third-order valence-electron chi connectivity index (χ3n) is 0.817. The van der Waals surface area contributed by atoms with Crippen LogP contribution in [0, 0.1) is 11.8 Å². The van der Waals surface area contributed by atoms with Crippen molar-refractivity contribution < 1.29 is 0 Å². The topological polar surface area (TPSA) is 0 Å². The van der Waals surface area contributed by atoms with Crippen molar-refractivity contribution in [2.45, 2.75) is 13.3 Å². The van der Waals surface area contributed by atoms with Crippen LogP contribution in [0.3, 0.4) is 0 Å². The first-order valence-corrected chi connectivity index (χ1v) is 4.15. The first kappa shape index (κ1) is 8.65. The number of allylic oxidation sites excluding steroid dienone is 1. The Balaban J connectivity index is 2.88. The molecule has 0 unspecified atom stereocenters. The molecule has 0 N–H and O–H groups in total. The van der Waals surface area contributed by atoms with Gasteiger partial charge in [0.15, 0.2) is 0 Å². The van der Waals surface area contributed by atoms with E-state index < -0.39 is 0 Å². The lowest BCUT2D eigenvalue weighted by atomic mass is 10.5. The Hall–Kier alpha value is -0.350. The van der Waals surface area contributed by atoms with Crippen LogP contribution in [-0.4, -0.2) is 11.5 Å². The molecular formula is C8H12S. The Kier molecular flexibility index (Phi) is 7.35. The van der Waals surface area contributed by atoms with Gasteiger partial charge in [-0.25, -0.2) is 0 Å². The zero-order chi connectivity index (χ0) is 6.95. The molecule has 0 aliphatic rings. The van der Waals surface area contributed by atoms with Crippen LogP contribution >= 0.6 is 11.8 Å². The summed E-state index contributed by atoms with van der Waals surface area (Å²) in [6.07, 6.45) is 3.03. The maximum absolute atomic E-state index is 3.63. The van der Waals surface area contributed by atoms with Gasteiger partial charge in [0.1, 0.15) is 0 Å². The van der Waals surface area contributed by atoms with Gasteiger partial charge in [-0.1, -0.05) is 12.0 Å². The molecular weight excluding hydrogens is 128 g/mol. The van der Waals surface area contributed by atoms with Gasteiger partial charge in [0.2, 0.25) is 0 Å². The summed E-state index contributed by atoms with van der Waals surface area (Å²) in [6, 6.07) is 0. The average Bonchev–Trinajstić information content (AvgIpc) is 1.89. The highest BCUT2D eigenvalue weighted by molar-refractivity contribution is 7.99. The molecule has 0 radical (unpaired) electrons. The summed E-state index contributed by atoms with van der Waals surface area (Å²) in [6.45, 7) is 5.50. The predicted octanol–water partition coefficient (Wildman–Crippen LogP) is 2.32. The third kappa shape index (κ3) is 7.65. The number of hydrogen-bond acceptors (Lipinski definition) is 1. The fraction of sp³-hybridized carbons (Fsp3) is 0.500. The van der Waals surface area contributed by atoms with E-state index in [-0.39, 0.29) is 0 Å². The first-order chi connectivity index (χ1) is 4.41. The molecule has 0 atom stereocenters. The van der Waals surface area contributed by atoms with E-state index in [0.717, 1.165) is 17.9 Å². The molecule has 0 aromatic heterocycles. The summed E-state index contributed by atoms with van der Waals surface area (Å²) >= 11 is 1.86. The van der Waals surface area contributed by atoms with Gasteiger partial charge >= 0.3 is 0 Å². The molecule has 0 nitrogen and oxygen atoms in total. The summed E-state index contributed by atoms with van der Waals surface area (Å²) in [5, 5.41) is 0. The van der Waals surface area contributed by atoms with Crippen molar-refractivity contribution in [3.8, 4) is 11.8 Å². The minimum Gasteiger partial charge on any atom is -0.149 e. The summed E-state index contributed by atoms with van der Waals surface area (Å²) in [4.78, 5) is 0. The van der Waals surface area contributed by atoms with E-state index in [1.54, 1.807) is 0 Å². The fourth-order valence-electron chi connectivity index (χ4n) is 0.362. The van der Waals surface area contributed by atoms with Crippen molar-refractivity contribution in [3.63, 3.8) is 0 Å². The summed E-state index contributed by atoms with van der Waals surface area (Å²) < 4.78 is 0. The van der Waals surface area contributed by atoms with E-state index in [2.05, 4.69) is 18.4 Å². The van der Waals surface area contributed by atoms with Gasteiger partial charge in [-0.15, -0.1) is 24.3 Å². The Morgan fingerprint density at radius 3 is 3.00 bits per heavy atom. The molecule has 0 aliphatic heterocycles. The van der Waals surface area contributed by atoms with Crippen molar-refractivity contribution in [1.29, 1.82) is 0 Å². The van der Waals surface area contributed by atoms with Gasteiger partial charge < -0.3 is 0 Å². The molecule has 0 aromatic carbocycles. The van der Waals surface area contributed by atoms with Crippen LogP contribution in [0.25, 0.3) is 0 Å². The van der Waals surface area contributed by atoms with Crippen molar-refractivity contribution >= 4 is 11.8 Å². The molecule has 0 saturated heterocycles. The van der Waals surface area contributed by atoms with Gasteiger partial charge in [-0.2, -0.15) is 0 Å². The Morgan fingerprint density at radius 1 is 1.67 bits per heavy atom. The molecule has 50 valence electrons. The predicted molar refractivity (Wildman–Crippen MR) is 45.6 cm³/mol. The molecule has 9 heavy (non-hydrogen) atoms. The molecule has 0 rings (SSSR count). The SMILES string of the molecule is C=CCCSCC#CC. The zero-order valence-electron chi connectivity index (χ0n) is 5.81. The van der Waals surface area contributed by atoms with Crippen LogP contribution in [0.1, 0.15) is 13.3 Å². The van der Waals surface area contributed by atoms with E-state index >= 15 is 0 Å². The second kappa shape index (κ2) is 7.65. The molecule has 0 amide bonds. The maximum Gasteiger partial charge on any atom is 0.0547 e. The van der Waals surface area contributed by atoms with E-state index in [1.807, 2.05) is 24.8 Å². The van der Waals surface area contributed by atoms with Crippen LogP contribution in [0.4, 0.5) is 0 Å². The quantitative estimate of drug-likeness (QED) is 0.328. The van der Waals surface area contributed by atoms with E-state index in [9.17, 15) is 0 Å². The van der Waals surface area contributed by atoms with E-state index in [1.165, 1.54) is 0 Å². The molecule has 1 heteroatoms. The lowest BCUT2D eigenvalue weighted by molar-refractivity contribution is 1.25. The van der Waals surface area contributed by atoms with Gasteiger partial charge in [0.05, 0.1) is 5.75 Å². The molecule has 0 heterocycles. The van der Waals surface area contributed by atoms with Crippen LogP contribution in [-0.2, 0) is 0 Å². The minimum absolute atomic E-state index is 0.963. The summed E-state index contributed by atoms with van der Waals surface area (Å²) in [7, 11) is 0. The molecule has 0 aliphatic carbocycles. The second-order valence-corrected chi connectivity index (χ2v) is 2.66. The fourth-order valence-corrected chi connectivity index (χ4v) is 1.09. The molecule has 0 spiro atoms. The van der Waals surface area contributed by atoms with Gasteiger partial charge in [0, 0.05) is 0 Å². The van der Waals surface area contributed by atoms with Crippen LogP contribution < -0.4 is 0 Å². The van der Waals surface area contributed by atoms with Crippen LogP contribution in [0.2, 0.25) is 0 Å². The zero-order valence-corrected chi connectivity index (χ0v) is 6.63. The molecule has 0 aromatic rings. The standard InChI is InChI=1S/C8H12S/c1-3-5-7-9-8-6-4-2/h3H,1,5,7-8H2,2H3. The lowest BCUT2D eigenvalue weighted by Gasteiger charge is -1.88. The number of thioether (sulfide) groups is 1. The summed E-state index contributed by atoms with van der Waals surface area (Å²) in [5.74, 6) is 7.95. The highest BCUT2D eigenvalue weighted by Crippen LogP contribution is 2.00. The van der Waals surface area contributed by atoms with Crippen molar-refractivity contribution in [2.75, 3.05) is 11.5 Å². The van der Waals surface area contributed by atoms with Gasteiger partial charge in [0.25, 0.3) is 0 Å². The monoisotopic (exact) mass is 140 g/mol. The largest absolute Gasteiger partial charge is 0.149 e. The minimum atomic E-state index is 0.963. The summed E-state index contributed by atoms with van der Waals surface area (Å²) in [5.41, 5.74) is 0. The normalized spacial score (nSPS) is 7.67. The van der Waals surface area contributed by atoms with Crippen molar-refractivity contribution in [3.05, 3.63) is 12.7 Å². The maximum atomic E-state index is 3.63. The average molecular weight is 140 g/mol. The van der Waals surface area contributed by atoms with E-state index in [0.29, 0.717) is 0 Å². The molecule has 0 bridgehead atoms. The van der Waals surface area contributed by atoms with Gasteiger partial charge in [-0.05, 0) is 19.1 Å². The smallest absolute Gasteiger partial charge is 0.0547 e. The second-order valence-electron chi connectivity index (χ2n) is 1.56. The highest BCUT2D eigenvalue weighted by atomic mass is 32.2. The highest BCUT2D eigenvalue weighted by Gasteiger charge is 1.79. The van der Waals surface area contributed by atoms with Crippen molar-refractivity contribution in [2.24, 2.45) is 0 Å². The van der Waals surface area contributed by atoms with Gasteiger partial charge in [-0.3, -0.25) is 0 Å². The Morgan fingerprint density at radius 2 is 2.44 bits per heavy atom. The Labute approximate surface area is 61.7 Å². The van der Waals surface area contributed by atoms with Crippen LogP contribution in [0.5, 0.6) is 0 Å². The van der Waals surface area contributed by atoms with Crippen LogP contribution in [0.15, 0.2) is 12.7 Å². The molecule has 0 saturated carbocycles. The first-order valence-electron chi connectivity index (χ1n) is 3.00. The van der Waals surface area contributed by atoms with E-state index in [4.69, 9.17) is 0 Å². The lowest BCUT2D eigenvalue weighted by Crippen LogP contribution is -1.76. The Bertz CT molecular complexity index is 116. The van der Waals surface area contributed by atoms with Crippen molar-refractivity contribution in [1.82, 2.24) is 0 Å². The molecule has 0 fully saturated rings. The number of rotatable bonds is 4. The number of hydrogen-bond donors (Lipinski definition) is 0. The third-order valence-corrected chi connectivity index (χ3v) is 1.69.